The third-order valence-electron chi connectivity index (χ3n) is 3.75. The van der Waals surface area contributed by atoms with Crippen LogP contribution in [0, 0.1) is 5.92 Å². The number of rotatable bonds is 5. The molecule has 0 aliphatic rings. The first-order valence-electron chi connectivity index (χ1n) is 6.40. The second-order valence-electron chi connectivity index (χ2n) is 5.04. The molecule has 1 aromatic rings. The van der Waals surface area contributed by atoms with Gasteiger partial charge in [0, 0.05) is 5.54 Å². The predicted molar refractivity (Wildman–Crippen MR) is 71.4 cm³/mol. The molecule has 0 fully saturated rings. The zero-order chi connectivity index (χ0) is 12.2. The molecule has 1 rings (SSSR count). The summed E-state index contributed by atoms with van der Waals surface area (Å²) < 4.78 is 0. The molecule has 0 spiro atoms. The number of nitrogens with two attached hydrogens (primary N) is 1. The largest absolute Gasteiger partial charge is 0.321 e. The number of hydrogen-bond acceptors (Lipinski definition) is 1. The van der Waals surface area contributed by atoms with Gasteiger partial charge in [-0.15, -0.1) is 0 Å². The Morgan fingerprint density at radius 2 is 1.75 bits per heavy atom. The summed E-state index contributed by atoms with van der Waals surface area (Å²) in [5, 5.41) is 0. The summed E-state index contributed by atoms with van der Waals surface area (Å²) in [6.07, 6.45) is 3.47. The van der Waals surface area contributed by atoms with E-state index in [9.17, 15) is 0 Å². The summed E-state index contributed by atoms with van der Waals surface area (Å²) in [6.45, 7) is 8.76. The highest BCUT2D eigenvalue weighted by Gasteiger charge is 2.26. The van der Waals surface area contributed by atoms with Gasteiger partial charge in [0.15, 0.2) is 0 Å². The first-order valence-corrected chi connectivity index (χ1v) is 6.40. The Kier molecular flexibility index (Phi) is 4.55. The fourth-order valence-electron chi connectivity index (χ4n) is 2.03. The predicted octanol–water partition coefficient (Wildman–Crippen LogP) is 3.86. The lowest BCUT2D eigenvalue weighted by Crippen LogP contribution is -2.39. The Morgan fingerprint density at radius 1 is 1.19 bits per heavy atom. The third kappa shape index (κ3) is 2.85. The topological polar surface area (TPSA) is 26.0 Å². The van der Waals surface area contributed by atoms with Crippen molar-refractivity contribution < 1.29 is 0 Å². The molecular weight excluding hydrogens is 194 g/mol. The highest BCUT2D eigenvalue weighted by atomic mass is 14.7. The van der Waals surface area contributed by atoms with Crippen LogP contribution in [0.2, 0.25) is 0 Å². The summed E-state index contributed by atoms with van der Waals surface area (Å²) in [5.74, 6) is 0.504. The van der Waals surface area contributed by atoms with E-state index in [0.717, 1.165) is 12.8 Å². The summed E-state index contributed by atoms with van der Waals surface area (Å²) in [7, 11) is 0. The summed E-state index contributed by atoms with van der Waals surface area (Å²) in [5.41, 5.74) is 8.87. The number of aryl methyl sites for hydroxylation is 1. The monoisotopic (exact) mass is 219 g/mol. The Hall–Kier alpha value is -0.820. The van der Waals surface area contributed by atoms with E-state index < -0.39 is 0 Å². The van der Waals surface area contributed by atoms with E-state index in [1.54, 1.807) is 0 Å². The first-order chi connectivity index (χ1) is 7.52. The van der Waals surface area contributed by atoms with Crippen LogP contribution in [0.3, 0.4) is 0 Å². The van der Waals surface area contributed by atoms with Crippen molar-refractivity contribution in [1.82, 2.24) is 0 Å². The lowest BCUT2D eigenvalue weighted by molar-refractivity contribution is 0.316. The highest BCUT2D eigenvalue weighted by Crippen LogP contribution is 2.28. The molecule has 1 heteroatoms. The molecule has 1 nitrogen and oxygen atoms in total. The lowest BCUT2D eigenvalue weighted by Gasteiger charge is -2.31. The SMILES string of the molecule is CCCc1ccc(C(C)(N)C(C)CC)cc1. The number of benzene rings is 1. The Morgan fingerprint density at radius 3 is 2.19 bits per heavy atom. The minimum Gasteiger partial charge on any atom is -0.321 e. The van der Waals surface area contributed by atoms with E-state index in [1.807, 2.05) is 0 Å². The standard InChI is InChI=1S/C15H25N/c1-5-7-13-8-10-14(11-9-13)15(4,16)12(3)6-2/h8-12H,5-7,16H2,1-4H3. The van der Waals surface area contributed by atoms with E-state index >= 15 is 0 Å². The van der Waals surface area contributed by atoms with Crippen molar-refractivity contribution >= 4 is 0 Å². The zero-order valence-electron chi connectivity index (χ0n) is 11.1. The molecule has 0 saturated carbocycles. The van der Waals surface area contributed by atoms with E-state index in [0.29, 0.717) is 5.92 Å². The van der Waals surface area contributed by atoms with Crippen LogP contribution in [0.1, 0.15) is 51.7 Å². The van der Waals surface area contributed by atoms with Crippen molar-refractivity contribution in [2.24, 2.45) is 11.7 Å². The summed E-state index contributed by atoms with van der Waals surface area (Å²) >= 11 is 0. The average Bonchev–Trinajstić information content (AvgIpc) is 2.29. The molecule has 2 N–H and O–H groups in total. The Bertz CT molecular complexity index is 311. The molecule has 0 amide bonds. The molecular formula is C15H25N. The van der Waals surface area contributed by atoms with Crippen LogP contribution in [-0.4, -0.2) is 0 Å². The van der Waals surface area contributed by atoms with Crippen LogP contribution in [0.25, 0.3) is 0 Å². The second-order valence-corrected chi connectivity index (χ2v) is 5.04. The molecule has 2 unspecified atom stereocenters. The minimum atomic E-state index is -0.209. The van der Waals surface area contributed by atoms with E-state index in [1.165, 1.54) is 17.5 Å². The lowest BCUT2D eigenvalue weighted by atomic mass is 9.80. The van der Waals surface area contributed by atoms with Crippen LogP contribution in [-0.2, 0) is 12.0 Å². The first kappa shape index (κ1) is 13.2. The molecule has 2 atom stereocenters. The molecule has 90 valence electrons. The molecule has 1 aromatic carbocycles. The van der Waals surface area contributed by atoms with Crippen LogP contribution in [0.15, 0.2) is 24.3 Å². The molecule has 0 saturated heterocycles. The van der Waals surface area contributed by atoms with Crippen LogP contribution >= 0.6 is 0 Å². The fraction of sp³-hybridized carbons (Fsp3) is 0.600. The van der Waals surface area contributed by atoms with Crippen LogP contribution < -0.4 is 5.73 Å². The van der Waals surface area contributed by atoms with Gasteiger partial charge in [-0.25, -0.2) is 0 Å². The van der Waals surface area contributed by atoms with Gasteiger partial charge in [-0.3, -0.25) is 0 Å². The normalized spacial score (nSPS) is 16.8. The van der Waals surface area contributed by atoms with E-state index in [2.05, 4.69) is 52.0 Å². The quantitative estimate of drug-likeness (QED) is 0.799. The van der Waals surface area contributed by atoms with Crippen molar-refractivity contribution in [3.63, 3.8) is 0 Å². The van der Waals surface area contributed by atoms with E-state index in [4.69, 9.17) is 5.73 Å². The Balaban J connectivity index is 2.88. The maximum Gasteiger partial charge on any atom is 0.0406 e. The van der Waals surface area contributed by atoms with Crippen molar-refractivity contribution in [1.29, 1.82) is 0 Å². The number of hydrogen-bond donors (Lipinski definition) is 1. The second kappa shape index (κ2) is 5.49. The molecule has 0 aliphatic heterocycles. The van der Waals surface area contributed by atoms with Crippen LogP contribution in [0.5, 0.6) is 0 Å². The minimum absolute atomic E-state index is 0.209. The van der Waals surface area contributed by atoms with Crippen molar-refractivity contribution in [2.45, 2.75) is 52.5 Å². The molecule has 0 aromatic heterocycles. The average molecular weight is 219 g/mol. The van der Waals surface area contributed by atoms with Gasteiger partial charge in [0.1, 0.15) is 0 Å². The van der Waals surface area contributed by atoms with Crippen molar-refractivity contribution in [3.8, 4) is 0 Å². The molecule has 0 radical (unpaired) electrons. The van der Waals surface area contributed by atoms with Gasteiger partial charge in [-0.1, -0.05) is 57.9 Å². The van der Waals surface area contributed by atoms with Gasteiger partial charge in [0.25, 0.3) is 0 Å². The zero-order valence-corrected chi connectivity index (χ0v) is 11.1. The smallest absolute Gasteiger partial charge is 0.0406 e. The molecule has 0 heterocycles. The van der Waals surface area contributed by atoms with Gasteiger partial charge in [0.2, 0.25) is 0 Å². The molecule has 0 bridgehead atoms. The fourth-order valence-corrected chi connectivity index (χ4v) is 2.03. The highest BCUT2D eigenvalue weighted by molar-refractivity contribution is 5.28. The van der Waals surface area contributed by atoms with Gasteiger partial charge < -0.3 is 5.73 Å². The van der Waals surface area contributed by atoms with E-state index in [-0.39, 0.29) is 5.54 Å². The molecule has 16 heavy (non-hydrogen) atoms. The van der Waals surface area contributed by atoms with Crippen molar-refractivity contribution in [3.05, 3.63) is 35.4 Å². The van der Waals surface area contributed by atoms with Crippen LogP contribution in [0.4, 0.5) is 0 Å². The van der Waals surface area contributed by atoms with Gasteiger partial charge >= 0.3 is 0 Å². The molecule has 0 aliphatic carbocycles. The summed E-state index contributed by atoms with van der Waals surface area (Å²) in [6, 6.07) is 8.81. The van der Waals surface area contributed by atoms with Crippen molar-refractivity contribution in [2.75, 3.05) is 0 Å². The third-order valence-corrected chi connectivity index (χ3v) is 3.75. The summed E-state index contributed by atoms with van der Waals surface area (Å²) in [4.78, 5) is 0. The maximum absolute atomic E-state index is 6.42. The van der Waals surface area contributed by atoms with Gasteiger partial charge in [0.05, 0.1) is 0 Å². The maximum atomic E-state index is 6.42. The van der Waals surface area contributed by atoms with Gasteiger partial charge in [-0.05, 0) is 30.4 Å². The Labute approximate surface area is 100 Å². The van der Waals surface area contributed by atoms with Gasteiger partial charge in [-0.2, -0.15) is 0 Å².